The van der Waals surface area contributed by atoms with E-state index in [1.165, 1.54) is 38.5 Å². The van der Waals surface area contributed by atoms with Gasteiger partial charge >= 0.3 is 0 Å². The Kier molecular flexibility index (Phi) is 3.81. The van der Waals surface area contributed by atoms with Crippen molar-refractivity contribution in [2.75, 3.05) is 6.61 Å². The van der Waals surface area contributed by atoms with Gasteiger partial charge < -0.3 is 5.11 Å². The molecule has 10 heavy (non-hydrogen) atoms. The predicted molar refractivity (Wildman–Crippen MR) is 42.6 cm³/mol. The molecule has 0 aromatic carbocycles. The second-order valence-electron chi connectivity index (χ2n) is 3.17. The summed E-state index contributed by atoms with van der Waals surface area (Å²) in [7, 11) is 0. The van der Waals surface area contributed by atoms with Gasteiger partial charge in [0.2, 0.25) is 0 Å². The molecule has 0 aromatic rings. The van der Waals surface area contributed by atoms with Crippen LogP contribution in [-0.4, -0.2) is 11.7 Å². The maximum atomic E-state index is 8.88. The molecule has 1 aliphatic rings. The Morgan fingerprint density at radius 3 is 2.80 bits per heavy atom. The largest absolute Gasteiger partial charge is 0.396 e. The molecule has 0 heterocycles. The Labute approximate surface area is 63.4 Å². The molecule has 1 saturated carbocycles. The van der Waals surface area contributed by atoms with Crippen molar-refractivity contribution >= 4 is 0 Å². The molecule has 1 aliphatic carbocycles. The zero-order chi connectivity index (χ0) is 7.23. The van der Waals surface area contributed by atoms with Gasteiger partial charge in [-0.05, 0) is 25.2 Å². The van der Waals surface area contributed by atoms with E-state index in [-0.39, 0.29) is 0 Å². The molecule has 0 spiro atoms. The van der Waals surface area contributed by atoms with Gasteiger partial charge in [0.05, 0.1) is 0 Å². The number of aliphatic hydroxyl groups excluding tert-OH is 1. The summed E-state index contributed by atoms with van der Waals surface area (Å²) in [4.78, 5) is 0. The second-order valence-corrected chi connectivity index (χ2v) is 3.17. The summed E-state index contributed by atoms with van der Waals surface area (Å²) >= 11 is 0. The number of hydrogen-bond donors (Lipinski definition) is 1. The van der Waals surface area contributed by atoms with Crippen molar-refractivity contribution < 1.29 is 5.11 Å². The highest BCUT2D eigenvalue weighted by atomic mass is 16.3. The molecule has 0 aromatic heterocycles. The number of aliphatic hydroxyl groups is 1. The first kappa shape index (κ1) is 8.06. The molecular formula is C9H17O. The van der Waals surface area contributed by atoms with Gasteiger partial charge in [-0.3, -0.25) is 0 Å². The lowest BCUT2D eigenvalue weighted by atomic mass is 9.92. The molecule has 0 saturated heterocycles. The Hall–Kier alpha value is -0.0400. The van der Waals surface area contributed by atoms with Crippen LogP contribution in [0.2, 0.25) is 0 Å². The molecule has 0 bridgehead atoms. The van der Waals surface area contributed by atoms with Crippen LogP contribution in [0, 0.1) is 12.3 Å². The fourth-order valence-electron chi connectivity index (χ4n) is 1.54. The topological polar surface area (TPSA) is 20.2 Å². The van der Waals surface area contributed by atoms with Gasteiger partial charge in [0.15, 0.2) is 0 Å². The van der Waals surface area contributed by atoms with Gasteiger partial charge in [-0.25, -0.2) is 0 Å². The number of hydrogen-bond acceptors (Lipinski definition) is 1. The molecule has 1 N–H and O–H groups in total. The van der Waals surface area contributed by atoms with Crippen LogP contribution in [-0.2, 0) is 0 Å². The van der Waals surface area contributed by atoms with Crippen molar-refractivity contribution in [3.05, 3.63) is 6.42 Å². The molecule has 1 radical (unpaired) electrons. The third-order valence-electron chi connectivity index (χ3n) is 2.26. The first-order chi connectivity index (χ1) is 4.93. The van der Waals surface area contributed by atoms with Gasteiger partial charge in [0, 0.05) is 6.61 Å². The highest BCUT2D eigenvalue weighted by Crippen LogP contribution is 2.20. The fourth-order valence-corrected chi connectivity index (χ4v) is 1.54. The highest BCUT2D eigenvalue weighted by molar-refractivity contribution is 4.77. The third-order valence-corrected chi connectivity index (χ3v) is 2.26. The van der Waals surface area contributed by atoms with E-state index in [4.69, 9.17) is 5.11 Å². The summed E-state index contributed by atoms with van der Waals surface area (Å²) in [6, 6.07) is 0. The minimum absolute atomic E-state index is 0.361. The lowest BCUT2D eigenvalue weighted by molar-refractivity contribution is 0.227. The lowest BCUT2D eigenvalue weighted by Gasteiger charge is -2.16. The Morgan fingerprint density at radius 2 is 2.00 bits per heavy atom. The minimum Gasteiger partial charge on any atom is -0.396 e. The average molecular weight is 141 g/mol. The molecule has 1 rings (SSSR count). The van der Waals surface area contributed by atoms with E-state index in [0.29, 0.717) is 12.5 Å². The van der Waals surface area contributed by atoms with E-state index in [2.05, 4.69) is 6.42 Å². The minimum atomic E-state index is 0.361. The normalized spacial score (nSPS) is 23.7. The van der Waals surface area contributed by atoms with Crippen LogP contribution in [0.5, 0.6) is 0 Å². The van der Waals surface area contributed by atoms with Crippen molar-refractivity contribution in [3.8, 4) is 0 Å². The SMILES string of the molecule is OCC1[CH]CCCCCC1. The second kappa shape index (κ2) is 4.73. The van der Waals surface area contributed by atoms with E-state index in [1.807, 2.05) is 0 Å². The summed E-state index contributed by atoms with van der Waals surface area (Å²) in [5.41, 5.74) is 0. The average Bonchev–Trinajstić information content (AvgIpc) is 1.87. The van der Waals surface area contributed by atoms with Crippen molar-refractivity contribution in [1.29, 1.82) is 0 Å². The first-order valence-electron chi connectivity index (χ1n) is 4.37. The van der Waals surface area contributed by atoms with Crippen molar-refractivity contribution in [2.24, 2.45) is 5.92 Å². The van der Waals surface area contributed by atoms with Gasteiger partial charge in [0.25, 0.3) is 0 Å². The van der Waals surface area contributed by atoms with E-state index in [1.54, 1.807) is 0 Å². The Balaban J connectivity index is 2.16. The van der Waals surface area contributed by atoms with E-state index in [0.717, 1.165) is 0 Å². The van der Waals surface area contributed by atoms with Crippen LogP contribution >= 0.6 is 0 Å². The van der Waals surface area contributed by atoms with E-state index < -0.39 is 0 Å². The fraction of sp³-hybridized carbons (Fsp3) is 0.889. The van der Waals surface area contributed by atoms with Gasteiger partial charge in [-0.1, -0.05) is 25.7 Å². The number of rotatable bonds is 1. The van der Waals surface area contributed by atoms with Crippen LogP contribution < -0.4 is 0 Å². The van der Waals surface area contributed by atoms with E-state index >= 15 is 0 Å². The molecule has 1 atom stereocenters. The van der Waals surface area contributed by atoms with Crippen LogP contribution in [0.25, 0.3) is 0 Å². The quantitative estimate of drug-likeness (QED) is 0.593. The van der Waals surface area contributed by atoms with Crippen molar-refractivity contribution in [3.63, 3.8) is 0 Å². The summed E-state index contributed by atoms with van der Waals surface area (Å²) in [5.74, 6) is 0.500. The van der Waals surface area contributed by atoms with Crippen LogP contribution in [0.3, 0.4) is 0 Å². The molecule has 0 aliphatic heterocycles. The molecule has 0 amide bonds. The smallest absolute Gasteiger partial charge is 0.0462 e. The molecule has 1 nitrogen and oxygen atoms in total. The zero-order valence-corrected chi connectivity index (χ0v) is 6.55. The monoisotopic (exact) mass is 141 g/mol. The Morgan fingerprint density at radius 1 is 1.20 bits per heavy atom. The maximum absolute atomic E-state index is 8.88. The molecule has 1 heteroatoms. The standard InChI is InChI=1S/C9H17O/c10-8-9-6-4-2-1-3-5-7-9/h6,9-10H,1-5,7-8H2. The first-order valence-corrected chi connectivity index (χ1v) is 4.37. The third kappa shape index (κ3) is 2.70. The summed E-state index contributed by atoms with van der Waals surface area (Å²) in [5, 5.41) is 8.88. The van der Waals surface area contributed by atoms with Gasteiger partial charge in [-0.2, -0.15) is 0 Å². The summed E-state index contributed by atoms with van der Waals surface area (Å²) in [6.07, 6.45) is 10.1. The zero-order valence-electron chi connectivity index (χ0n) is 6.55. The molecular weight excluding hydrogens is 124 g/mol. The lowest BCUT2D eigenvalue weighted by Crippen LogP contribution is -2.08. The molecule has 1 unspecified atom stereocenters. The van der Waals surface area contributed by atoms with Gasteiger partial charge in [-0.15, -0.1) is 0 Å². The molecule has 1 fully saturated rings. The van der Waals surface area contributed by atoms with Crippen molar-refractivity contribution in [2.45, 2.75) is 38.5 Å². The van der Waals surface area contributed by atoms with Crippen LogP contribution in [0.1, 0.15) is 38.5 Å². The van der Waals surface area contributed by atoms with Crippen LogP contribution in [0.15, 0.2) is 0 Å². The predicted octanol–water partition coefficient (Wildman–Crippen LogP) is 2.15. The molecule has 59 valence electrons. The maximum Gasteiger partial charge on any atom is 0.0462 e. The van der Waals surface area contributed by atoms with Crippen LogP contribution in [0.4, 0.5) is 0 Å². The van der Waals surface area contributed by atoms with Crippen molar-refractivity contribution in [1.82, 2.24) is 0 Å². The van der Waals surface area contributed by atoms with E-state index in [9.17, 15) is 0 Å². The highest BCUT2D eigenvalue weighted by Gasteiger charge is 2.09. The summed E-state index contributed by atoms with van der Waals surface area (Å²) in [6.45, 7) is 0.361. The van der Waals surface area contributed by atoms with Gasteiger partial charge in [0.1, 0.15) is 0 Å². The Bertz CT molecular complexity index is 72.8. The summed E-state index contributed by atoms with van der Waals surface area (Å²) < 4.78 is 0.